The zero-order valence-electron chi connectivity index (χ0n) is 16.1. The summed E-state index contributed by atoms with van der Waals surface area (Å²) in [5.41, 5.74) is 0. The van der Waals surface area contributed by atoms with E-state index in [-0.39, 0.29) is 6.10 Å². The lowest BCUT2D eigenvalue weighted by Gasteiger charge is -2.27. The van der Waals surface area contributed by atoms with Crippen molar-refractivity contribution in [2.75, 3.05) is 32.8 Å². The fourth-order valence-corrected chi connectivity index (χ4v) is 3.88. The van der Waals surface area contributed by atoms with Crippen molar-refractivity contribution in [3.05, 3.63) is 11.7 Å². The summed E-state index contributed by atoms with van der Waals surface area (Å²) in [4.78, 5) is 9.70. The van der Waals surface area contributed by atoms with Crippen molar-refractivity contribution in [2.24, 2.45) is 5.92 Å². The molecular weight excluding hydrogens is 316 g/mol. The second-order valence-electron chi connectivity index (χ2n) is 8.02. The molecule has 2 heterocycles. The lowest BCUT2D eigenvalue weighted by atomic mass is 10.2. The van der Waals surface area contributed by atoms with E-state index in [4.69, 9.17) is 9.26 Å². The summed E-state index contributed by atoms with van der Waals surface area (Å²) in [6, 6.07) is 0.828. The highest BCUT2D eigenvalue weighted by atomic mass is 16.5. The van der Waals surface area contributed by atoms with Gasteiger partial charge in [0, 0.05) is 25.7 Å². The van der Waals surface area contributed by atoms with E-state index < -0.39 is 0 Å². The molecule has 1 aliphatic heterocycles. The summed E-state index contributed by atoms with van der Waals surface area (Å²) in [5, 5.41) is 4.11. The number of nitrogens with zero attached hydrogens (tertiary/aromatic N) is 4. The van der Waals surface area contributed by atoms with Gasteiger partial charge in [-0.25, -0.2) is 0 Å². The third-order valence-electron chi connectivity index (χ3n) is 5.35. The van der Waals surface area contributed by atoms with E-state index in [2.05, 4.69) is 33.8 Å². The van der Waals surface area contributed by atoms with Crippen molar-refractivity contribution >= 4 is 0 Å². The lowest BCUT2D eigenvalue weighted by Crippen LogP contribution is -2.36. The normalized spacial score (nSPS) is 22.6. The van der Waals surface area contributed by atoms with Gasteiger partial charge >= 0.3 is 0 Å². The monoisotopic (exact) mass is 350 g/mol. The molecule has 0 bridgehead atoms. The van der Waals surface area contributed by atoms with Crippen LogP contribution in [0, 0.1) is 5.92 Å². The standard InChI is InChI=1S/C19H34N4O2/c1-15(2)14-24-16(3)19-20-18(25-21-19)13-22-9-6-10-23(12-11-22)17-7-4-5-8-17/h15-17H,4-14H2,1-3H3. The average molecular weight is 351 g/mol. The summed E-state index contributed by atoms with van der Waals surface area (Å²) in [5.74, 6) is 1.89. The van der Waals surface area contributed by atoms with Crippen LogP contribution in [0.3, 0.4) is 0 Å². The molecule has 0 N–H and O–H groups in total. The van der Waals surface area contributed by atoms with E-state index in [1.165, 1.54) is 45.2 Å². The van der Waals surface area contributed by atoms with Crippen molar-refractivity contribution in [3.63, 3.8) is 0 Å². The van der Waals surface area contributed by atoms with Gasteiger partial charge in [0.25, 0.3) is 0 Å². The first-order valence-electron chi connectivity index (χ1n) is 10.0. The zero-order valence-corrected chi connectivity index (χ0v) is 16.1. The second-order valence-corrected chi connectivity index (χ2v) is 8.02. The molecule has 1 saturated carbocycles. The lowest BCUT2D eigenvalue weighted by molar-refractivity contribution is 0.0402. The Labute approximate surface area is 151 Å². The van der Waals surface area contributed by atoms with Crippen LogP contribution in [0.1, 0.15) is 70.7 Å². The van der Waals surface area contributed by atoms with Gasteiger partial charge in [0.1, 0.15) is 6.10 Å². The fraction of sp³-hybridized carbons (Fsp3) is 0.895. The molecule has 0 amide bonds. The first kappa shape index (κ1) is 18.8. The largest absolute Gasteiger partial charge is 0.370 e. The van der Waals surface area contributed by atoms with E-state index in [0.717, 1.165) is 25.7 Å². The van der Waals surface area contributed by atoms with Crippen LogP contribution in [0.5, 0.6) is 0 Å². The van der Waals surface area contributed by atoms with Crippen LogP contribution < -0.4 is 0 Å². The van der Waals surface area contributed by atoms with E-state index >= 15 is 0 Å². The van der Waals surface area contributed by atoms with Crippen molar-refractivity contribution in [1.29, 1.82) is 0 Å². The Kier molecular flexibility index (Phi) is 6.84. The van der Waals surface area contributed by atoms with Crippen molar-refractivity contribution in [3.8, 4) is 0 Å². The van der Waals surface area contributed by atoms with Crippen LogP contribution in [0.4, 0.5) is 0 Å². The van der Waals surface area contributed by atoms with E-state index in [9.17, 15) is 0 Å². The van der Waals surface area contributed by atoms with Crippen molar-refractivity contribution < 1.29 is 9.26 Å². The van der Waals surface area contributed by atoms with Crippen LogP contribution in [0.2, 0.25) is 0 Å². The Morgan fingerprint density at radius 1 is 1.08 bits per heavy atom. The summed E-state index contributed by atoms with van der Waals surface area (Å²) >= 11 is 0. The van der Waals surface area contributed by atoms with Gasteiger partial charge in [-0.05, 0) is 45.2 Å². The molecule has 6 nitrogen and oxygen atoms in total. The quantitative estimate of drug-likeness (QED) is 0.752. The first-order chi connectivity index (χ1) is 12.1. The first-order valence-corrected chi connectivity index (χ1v) is 10.0. The van der Waals surface area contributed by atoms with Crippen LogP contribution in [-0.4, -0.2) is 58.8 Å². The molecule has 0 radical (unpaired) electrons. The molecule has 1 unspecified atom stereocenters. The maximum absolute atomic E-state index is 5.78. The van der Waals surface area contributed by atoms with Crippen molar-refractivity contribution in [2.45, 2.75) is 71.6 Å². The Morgan fingerprint density at radius 3 is 2.64 bits per heavy atom. The molecule has 1 aromatic heterocycles. The fourth-order valence-electron chi connectivity index (χ4n) is 3.88. The molecule has 6 heteroatoms. The smallest absolute Gasteiger partial charge is 0.240 e. The van der Waals surface area contributed by atoms with Gasteiger partial charge in [-0.15, -0.1) is 0 Å². The molecular formula is C19H34N4O2. The zero-order chi connectivity index (χ0) is 17.6. The molecule has 0 aromatic carbocycles. The van der Waals surface area contributed by atoms with Gasteiger partial charge in [0.05, 0.1) is 6.54 Å². The summed E-state index contributed by atoms with van der Waals surface area (Å²) in [6.07, 6.45) is 6.72. The number of rotatable bonds is 7. The molecule has 0 spiro atoms. The summed E-state index contributed by atoms with van der Waals surface area (Å²) < 4.78 is 11.2. The molecule has 2 fully saturated rings. The van der Waals surface area contributed by atoms with Crippen LogP contribution in [0.25, 0.3) is 0 Å². The Hall–Kier alpha value is -0.980. The van der Waals surface area contributed by atoms with Crippen LogP contribution >= 0.6 is 0 Å². The van der Waals surface area contributed by atoms with E-state index in [1.54, 1.807) is 0 Å². The van der Waals surface area contributed by atoms with Crippen LogP contribution in [-0.2, 0) is 11.3 Å². The molecule has 142 valence electrons. The molecule has 1 aromatic rings. The van der Waals surface area contributed by atoms with Gasteiger partial charge in [0.2, 0.25) is 5.89 Å². The molecule has 1 saturated heterocycles. The number of hydrogen-bond acceptors (Lipinski definition) is 6. The number of hydrogen-bond donors (Lipinski definition) is 0. The average Bonchev–Trinajstić information content (AvgIpc) is 3.22. The maximum atomic E-state index is 5.78. The predicted octanol–water partition coefficient (Wildman–Crippen LogP) is 3.25. The minimum atomic E-state index is -0.109. The summed E-state index contributed by atoms with van der Waals surface area (Å²) in [7, 11) is 0. The second kappa shape index (κ2) is 9.10. The molecule has 2 aliphatic rings. The minimum Gasteiger partial charge on any atom is -0.370 e. The predicted molar refractivity (Wildman–Crippen MR) is 97.2 cm³/mol. The number of aromatic nitrogens is 2. The van der Waals surface area contributed by atoms with Gasteiger partial charge < -0.3 is 9.26 Å². The van der Waals surface area contributed by atoms with Crippen molar-refractivity contribution in [1.82, 2.24) is 19.9 Å². The summed E-state index contributed by atoms with van der Waals surface area (Å²) in [6.45, 7) is 12.3. The SMILES string of the molecule is CC(C)COC(C)c1noc(CN2CCCN(C3CCCC3)CC2)n1. The third-order valence-corrected chi connectivity index (χ3v) is 5.35. The highest BCUT2D eigenvalue weighted by molar-refractivity contribution is 4.90. The van der Waals surface area contributed by atoms with E-state index in [1.807, 2.05) is 6.92 Å². The van der Waals surface area contributed by atoms with Gasteiger partial charge in [0.15, 0.2) is 5.82 Å². The third kappa shape index (κ3) is 5.50. The Bertz CT molecular complexity index is 513. The Balaban J connectivity index is 1.47. The number of ether oxygens (including phenoxy) is 1. The van der Waals surface area contributed by atoms with Gasteiger partial charge in [-0.3, -0.25) is 9.80 Å². The highest BCUT2D eigenvalue weighted by Crippen LogP contribution is 2.24. The van der Waals surface area contributed by atoms with Gasteiger partial charge in [-0.2, -0.15) is 4.98 Å². The van der Waals surface area contributed by atoms with Gasteiger partial charge in [-0.1, -0.05) is 31.8 Å². The Morgan fingerprint density at radius 2 is 1.88 bits per heavy atom. The minimum absolute atomic E-state index is 0.109. The molecule has 1 aliphatic carbocycles. The maximum Gasteiger partial charge on any atom is 0.240 e. The highest BCUT2D eigenvalue weighted by Gasteiger charge is 2.25. The molecule has 25 heavy (non-hydrogen) atoms. The molecule has 1 atom stereocenters. The van der Waals surface area contributed by atoms with E-state index in [0.29, 0.717) is 24.2 Å². The van der Waals surface area contributed by atoms with Crippen LogP contribution in [0.15, 0.2) is 4.52 Å². The topological polar surface area (TPSA) is 54.6 Å². The molecule has 3 rings (SSSR count).